The van der Waals surface area contributed by atoms with E-state index in [1.807, 2.05) is 24.3 Å². The van der Waals surface area contributed by atoms with Gasteiger partial charge in [0.1, 0.15) is 11.2 Å². The molecule has 4 nitrogen and oxygen atoms in total. The van der Waals surface area contributed by atoms with Gasteiger partial charge in [-0.1, -0.05) is 176 Å². The zero-order valence-electron chi connectivity index (χ0n) is 29.3. The summed E-state index contributed by atoms with van der Waals surface area (Å²) in [6.45, 7) is 0. The van der Waals surface area contributed by atoms with Crippen LogP contribution in [-0.4, -0.2) is 23.0 Å². The minimum absolute atomic E-state index is 0.610. The lowest BCUT2D eigenvalue weighted by atomic mass is 10.0. The molecule has 0 aliphatic rings. The normalized spacial score (nSPS) is 11.7. The minimum Gasteiger partial charge on any atom is -0.456 e. The number of benzene rings is 8. The first-order chi connectivity index (χ1) is 26.8. The Morgan fingerprint density at radius 1 is 0.333 bits per heavy atom. The Hall–Kier alpha value is -6.95. The molecule has 10 rings (SSSR count). The van der Waals surface area contributed by atoms with Gasteiger partial charge in [0, 0.05) is 27.5 Å². The van der Waals surface area contributed by atoms with Crippen LogP contribution >= 0.6 is 0 Å². The van der Waals surface area contributed by atoms with Crippen molar-refractivity contribution in [2.24, 2.45) is 0 Å². The average Bonchev–Trinajstić information content (AvgIpc) is 3.64. The average molecular weight is 708 g/mol. The highest BCUT2D eigenvalue weighted by Crippen LogP contribution is 2.37. The molecule has 254 valence electrons. The molecule has 0 saturated heterocycles. The van der Waals surface area contributed by atoms with Crippen LogP contribution in [0.4, 0.5) is 0 Å². The van der Waals surface area contributed by atoms with Crippen molar-refractivity contribution in [2.45, 2.75) is 0 Å². The predicted molar refractivity (Wildman–Crippen MR) is 225 cm³/mol. The summed E-state index contributed by atoms with van der Waals surface area (Å²) in [5.74, 6) is 1.86. The third kappa shape index (κ3) is 5.33. The zero-order chi connectivity index (χ0) is 35.9. The number of aromatic nitrogens is 3. The zero-order valence-corrected chi connectivity index (χ0v) is 30.3. The molecule has 0 atom stereocenters. The second kappa shape index (κ2) is 13.2. The number of furan rings is 1. The summed E-state index contributed by atoms with van der Waals surface area (Å²) in [6.07, 6.45) is 0. The summed E-state index contributed by atoms with van der Waals surface area (Å²) in [5, 5.41) is 9.66. The molecule has 0 bridgehead atoms. The summed E-state index contributed by atoms with van der Waals surface area (Å²) in [7, 11) is -2.77. The first kappa shape index (κ1) is 31.8. The molecule has 0 radical (unpaired) electrons. The quantitative estimate of drug-likeness (QED) is 0.122. The lowest BCUT2D eigenvalue weighted by Gasteiger charge is -2.34. The maximum absolute atomic E-state index is 6.34. The molecule has 5 heteroatoms. The summed E-state index contributed by atoms with van der Waals surface area (Å²) in [4.78, 5) is 15.5. The number of hydrogen-bond donors (Lipinski definition) is 0. The second-order valence-corrected chi connectivity index (χ2v) is 17.4. The number of rotatable bonds is 7. The highest BCUT2D eigenvalue weighted by Gasteiger charge is 2.41. The molecule has 8 aromatic carbocycles. The largest absolute Gasteiger partial charge is 0.456 e. The molecule has 0 amide bonds. The fourth-order valence-electron chi connectivity index (χ4n) is 7.99. The van der Waals surface area contributed by atoms with E-state index < -0.39 is 8.07 Å². The van der Waals surface area contributed by atoms with E-state index in [2.05, 4.69) is 176 Å². The third-order valence-corrected chi connectivity index (χ3v) is 15.2. The van der Waals surface area contributed by atoms with Crippen molar-refractivity contribution < 1.29 is 4.42 Å². The van der Waals surface area contributed by atoms with E-state index in [1.165, 1.54) is 26.1 Å². The molecule has 0 aliphatic heterocycles. The second-order valence-electron chi connectivity index (χ2n) is 13.6. The lowest BCUT2D eigenvalue weighted by molar-refractivity contribution is 0.669. The molecule has 0 aliphatic carbocycles. The van der Waals surface area contributed by atoms with Gasteiger partial charge in [0.2, 0.25) is 0 Å². The topological polar surface area (TPSA) is 51.8 Å². The Balaban J connectivity index is 1.20. The molecule has 0 unspecified atom stereocenters. The number of fused-ring (bicyclic) bond motifs is 5. The van der Waals surface area contributed by atoms with E-state index >= 15 is 0 Å². The van der Waals surface area contributed by atoms with Gasteiger partial charge in [0.25, 0.3) is 0 Å². The molecule has 10 aromatic rings. The van der Waals surface area contributed by atoms with Crippen LogP contribution in [0.5, 0.6) is 0 Å². The molecule has 0 N–H and O–H groups in total. The van der Waals surface area contributed by atoms with Gasteiger partial charge < -0.3 is 4.42 Å². The summed E-state index contributed by atoms with van der Waals surface area (Å²) in [5.41, 5.74) is 4.47. The van der Waals surface area contributed by atoms with Crippen LogP contribution in [0.15, 0.2) is 205 Å². The van der Waals surface area contributed by atoms with Gasteiger partial charge in [0.15, 0.2) is 25.5 Å². The van der Waals surface area contributed by atoms with Crippen molar-refractivity contribution in [3.63, 3.8) is 0 Å². The molecular formula is C49H33N3OSi. The van der Waals surface area contributed by atoms with E-state index in [0.717, 1.165) is 44.0 Å². The van der Waals surface area contributed by atoms with Crippen LogP contribution in [-0.2, 0) is 0 Å². The highest BCUT2D eigenvalue weighted by atomic mass is 28.3. The maximum Gasteiger partial charge on any atom is 0.179 e. The molecule has 2 heterocycles. The van der Waals surface area contributed by atoms with Gasteiger partial charge >= 0.3 is 0 Å². The van der Waals surface area contributed by atoms with E-state index in [9.17, 15) is 0 Å². The van der Waals surface area contributed by atoms with Gasteiger partial charge in [0.05, 0.1) is 0 Å². The fraction of sp³-hybridized carbons (Fsp3) is 0. The number of nitrogens with zero attached hydrogens (tertiary/aromatic N) is 3. The molecule has 0 saturated carbocycles. The Morgan fingerprint density at radius 3 is 1.44 bits per heavy atom. The van der Waals surface area contributed by atoms with Crippen LogP contribution < -0.4 is 20.7 Å². The van der Waals surface area contributed by atoms with Crippen LogP contribution in [0.3, 0.4) is 0 Å². The van der Waals surface area contributed by atoms with Crippen LogP contribution in [0.25, 0.3) is 66.9 Å². The van der Waals surface area contributed by atoms with Crippen LogP contribution in [0.2, 0.25) is 0 Å². The monoisotopic (exact) mass is 707 g/mol. The van der Waals surface area contributed by atoms with Crippen LogP contribution in [0.1, 0.15) is 0 Å². The smallest absolute Gasteiger partial charge is 0.179 e. The fourth-order valence-corrected chi connectivity index (χ4v) is 12.8. The van der Waals surface area contributed by atoms with Crippen molar-refractivity contribution in [1.82, 2.24) is 15.0 Å². The SMILES string of the molecule is c1ccc(-c2nc(-c3cccc([Si](c4ccccc4)(c4ccccc4)c4ccccc4)c3)nc(-c3ccc4oc5ccc6ccccc6c5c4c3)n2)cc1. The summed E-state index contributed by atoms with van der Waals surface area (Å²) < 4.78 is 6.34. The summed E-state index contributed by atoms with van der Waals surface area (Å²) in [6, 6.07) is 70.8. The van der Waals surface area contributed by atoms with Gasteiger partial charge in [-0.3, -0.25) is 0 Å². The Labute approximate surface area is 314 Å². The van der Waals surface area contributed by atoms with Gasteiger partial charge in [-0.05, 0) is 55.8 Å². The van der Waals surface area contributed by atoms with Crippen molar-refractivity contribution in [1.29, 1.82) is 0 Å². The van der Waals surface area contributed by atoms with E-state index in [0.29, 0.717) is 17.5 Å². The summed E-state index contributed by atoms with van der Waals surface area (Å²) >= 11 is 0. The molecule has 0 spiro atoms. The van der Waals surface area contributed by atoms with E-state index in [1.54, 1.807) is 0 Å². The minimum atomic E-state index is -2.77. The lowest BCUT2D eigenvalue weighted by Crippen LogP contribution is -2.74. The van der Waals surface area contributed by atoms with Crippen molar-refractivity contribution in [2.75, 3.05) is 0 Å². The molecular weight excluding hydrogens is 675 g/mol. The molecule has 2 aromatic heterocycles. The molecule has 54 heavy (non-hydrogen) atoms. The van der Waals surface area contributed by atoms with Gasteiger partial charge in [-0.2, -0.15) is 0 Å². The maximum atomic E-state index is 6.34. The highest BCUT2D eigenvalue weighted by molar-refractivity contribution is 7.19. The Kier molecular flexibility index (Phi) is 7.78. The van der Waals surface area contributed by atoms with Crippen LogP contribution in [0, 0.1) is 0 Å². The van der Waals surface area contributed by atoms with Gasteiger partial charge in [-0.25, -0.2) is 15.0 Å². The van der Waals surface area contributed by atoms with E-state index in [-0.39, 0.29) is 0 Å². The Morgan fingerprint density at radius 2 is 0.815 bits per heavy atom. The van der Waals surface area contributed by atoms with Crippen molar-refractivity contribution >= 4 is 61.5 Å². The predicted octanol–water partition coefficient (Wildman–Crippen LogP) is 9.30. The van der Waals surface area contributed by atoms with Crippen molar-refractivity contribution in [3.05, 3.63) is 200 Å². The third-order valence-electron chi connectivity index (χ3n) is 10.5. The Bertz CT molecular complexity index is 2830. The number of hydrogen-bond acceptors (Lipinski definition) is 4. The standard InChI is InChI=1S/C49H33N3OSi/c1-5-17-35(18-6-1)47-50-48(52-49(51-47)37-29-30-44-43(33-37)46-42-27-14-13-16-34(42)28-31-45(46)53-44)36-19-15-26-41(32-36)54(38-20-7-2-8-21-38,39-22-9-3-10-23-39)40-24-11-4-12-25-40/h1-33H. The van der Waals surface area contributed by atoms with Gasteiger partial charge in [-0.15, -0.1) is 0 Å². The van der Waals surface area contributed by atoms with Crippen molar-refractivity contribution in [3.8, 4) is 34.2 Å². The first-order valence-corrected chi connectivity index (χ1v) is 20.2. The first-order valence-electron chi connectivity index (χ1n) is 18.2. The van der Waals surface area contributed by atoms with E-state index in [4.69, 9.17) is 19.4 Å². The molecule has 0 fully saturated rings.